The van der Waals surface area contributed by atoms with Gasteiger partial charge in [-0.3, -0.25) is 4.79 Å². The number of nitrogens with zero attached hydrogens (tertiary/aromatic N) is 3. The second-order valence-corrected chi connectivity index (χ2v) is 3.92. The van der Waals surface area contributed by atoms with Gasteiger partial charge in [-0.15, -0.1) is 0 Å². The van der Waals surface area contributed by atoms with Crippen LogP contribution in [0.5, 0.6) is 0 Å². The zero-order valence-electron chi connectivity index (χ0n) is 10.5. The monoisotopic (exact) mass is 268 g/mol. The lowest BCUT2D eigenvalue weighted by Crippen LogP contribution is -2.24. The van der Waals surface area contributed by atoms with Crippen molar-refractivity contribution in [1.82, 2.24) is 15.3 Å². The third-order valence-corrected chi connectivity index (χ3v) is 2.57. The summed E-state index contributed by atoms with van der Waals surface area (Å²) in [7, 11) is 0. The van der Waals surface area contributed by atoms with Crippen LogP contribution in [0.15, 0.2) is 36.7 Å². The molecule has 0 spiro atoms. The molecule has 2 aromatic rings. The van der Waals surface area contributed by atoms with E-state index < -0.39 is 0 Å². The molecule has 0 fully saturated rings. The van der Waals surface area contributed by atoms with Crippen LogP contribution in [0.4, 0.5) is 5.82 Å². The number of carbonyl (C=O) groups is 1. The number of nitrogens with one attached hydrogen (secondary N) is 2. The lowest BCUT2D eigenvalue weighted by Gasteiger charge is -2.05. The van der Waals surface area contributed by atoms with Gasteiger partial charge in [-0.25, -0.2) is 15.8 Å². The van der Waals surface area contributed by atoms with Crippen molar-refractivity contribution in [2.24, 2.45) is 5.84 Å². The molecular weight excluding hydrogens is 256 g/mol. The first-order chi connectivity index (χ1) is 9.72. The maximum absolute atomic E-state index is 11.8. The zero-order valence-corrected chi connectivity index (χ0v) is 10.5. The van der Waals surface area contributed by atoms with Crippen LogP contribution >= 0.6 is 0 Å². The first-order valence-electron chi connectivity index (χ1n) is 5.79. The van der Waals surface area contributed by atoms with E-state index in [0.717, 1.165) is 5.56 Å². The van der Waals surface area contributed by atoms with Gasteiger partial charge in [0, 0.05) is 6.54 Å². The highest BCUT2D eigenvalue weighted by atomic mass is 16.1. The summed E-state index contributed by atoms with van der Waals surface area (Å²) in [6, 6.07) is 9.00. The predicted molar refractivity (Wildman–Crippen MR) is 72.2 cm³/mol. The van der Waals surface area contributed by atoms with Gasteiger partial charge in [-0.05, 0) is 17.7 Å². The molecule has 1 aromatic carbocycles. The molecule has 0 unspecified atom stereocenters. The predicted octanol–water partition coefficient (Wildman–Crippen LogP) is 0.564. The minimum atomic E-state index is -0.328. The number of carbonyl (C=O) groups excluding carboxylic acids is 1. The number of hydrazine groups is 1. The highest BCUT2D eigenvalue weighted by molar-refractivity contribution is 5.91. The Morgan fingerprint density at radius 3 is 2.55 bits per heavy atom. The molecule has 2 rings (SSSR count). The zero-order chi connectivity index (χ0) is 14.4. The van der Waals surface area contributed by atoms with Crippen LogP contribution in [-0.2, 0) is 6.54 Å². The maximum atomic E-state index is 11.8. The fourth-order valence-corrected chi connectivity index (χ4v) is 1.49. The Bertz CT molecular complexity index is 629. The third kappa shape index (κ3) is 3.28. The number of hydrogen-bond donors (Lipinski definition) is 3. The minimum absolute atomic E-state index is 0.206. The maximum Gasteiger partial charge on any atom is 0.271 e. The lowest BCUT2D eigenvalue weighted by molar-refractivity contribution is 0.0945. The Balaban J connectivity index is 1.95. The Morgan fingerprint density at radius 2 is 2.00 bits per heavy atom. The Labute approximate surface area is 115 Å². The summed E-state index contributed by atoms with van der Waals surface area (Å²) in [5.74, 6) is 5.21. The molecule has 0 radical (unpaired) electrons. The van der Waals surface area contributed by atoms with Gasteiger partial charge < -0.3 is 10.7 Å². The van der Waals surface area contributed by atoms with Gasteiger partial charge in [0.1, 0.15) is 5.69 Å². The van der Waals surface area contributed by atoms with Crippen molar-refractivity contribution < 1.29 is 4.79 Å². The summed E-state index contributed by atoms with van der Waals surface area (Å²) >= 11 is 0. The van der Waals surface area contributed by atoms with Gasteiger partial charge in [0.2, 0.25) is 0 Å². The molecular formula is C13H12N6O. The largest absolute Gasteiger partial charge is 0.347 e. The molecule has 0 aliphatic heterocycles. The SMILES string of the molecule is N#Cc1ccc(CNC(=O)c2cnc(NN)cn2)cc1. The summed E-state index contributed by atoms with van der Waals surface area (Å²) < 4.78 is 0. The molecule has 0 aliphatic carbocycles. The van der Waals surface area contributed by atoms with Crippen LogP contribution in [0.25, 0.3) is 0 Å². The molecule has 0 aliphatic rings. The van der Waals surface area contributed by atoms with Gasteiger partial charge in [0.05, 0.1) is 24.0 Å². The molecule has 1 aromatic heterocycles. The fraction of sp³-hybridized carbons (Fsp3) is 0.0769. The van der Waals surface area contributed by atoms with Gasteiger partial charge >= 0.3 is 0 Å². The number of nitriles is 1. The second-order valence-electron chi connectivity index (χ2n) is 3.92. The highest BCUT2D eigenvalue weighted by Gasteiger charge is 2.07. The quantitative estimate of drug-likeness (QED) is 0.551. The van der Waals surface area contributed by atoms with E-state index in [1.165, 1.54) is 12.4 Å². The van der Waals surface area contributed by atoms with E-state index in [1.807, 2.05) is 6.07 Å². The number of hydrogen-bond acceptors (Lipinski definition) is 6. The number of nitrogens with two attached hydrogens (primary N) is 1. The number of aromatic nitrogens is 2. The molecule has 7 heteroatoms. The van der Waals surface area contributed by atoms with Crippen LogP contribution in [0.3, 0.4) is 0 Å². The van der Waals surface area contributed by atoms with Gasteiger partial charge in [-0.2, -0.15) is 5.26 Å². The number of anilines is 1. The molecule has 100 valence electrons. The molecule has 20 heavy (non-hydrogen) atoms. The number of rotatable bonds is 4. The van der Waals surface area contributed by atoms with E-state index in [1.54, 1.807) is 24.3 Å². The van der Waals surface area contributed by atoms with Crippen molar-refractivity contribution in [3.8, 4) is 6.07 Å². The van der Waals surface area contributed by atoms with Crippen molar-refractivity contribution in [2.75, 3.05) is 5.43 Å². The Morgan fingerprint density at radius 1 is 1.25 bits per heavy atom. The molecule has 1 amide bonds. The fourth-order valence-electron chi connectivity index (χ4n) is 1.49. The molecule has 4 N–H and O–H groups in total. The number of nitrogen functional groups attached to an aromatic ring is 1. The summed E-state index contributed by atoms with van der Waals surface area (Å²) in [4.78, 5) is 19.7. The second kappa shape index (κ2) is 6.26. The third-order valence-electron chi connectivity index (χ3n) is 2.57. The van der Waals surface area contributed by atoms with E-state index in [-0.39, 0.29) is 11.6 Å². The van der Waals surface area contributed by atoms with E-state index in [0.29, 0.717) is 17.9 Å². The van der Waals surface area contributed by atoms with Crippen molar-refractivity contribution in [3.63, 3.8) is 0 Å². The summed E-state index contributed by atoms with van der Waals surface area (Å²) in [6.45, 7) is 0.350. The highest BCUT2D eigenvalue weighted by Crippen LogP contribution is 2.04. The standard InChI is InChI=1S/C13H12N6O/c14-5-9-1-3-10(4-2-9)6-18-13(20)11-7-17-12(19-15)8-16-11/h1-4,7-8H,6,15H2,(H,17,19)(H,18,20). The lowest BCUT2D eigenvalue weighted by atomic mass is 10.1. The van der Waals surface area contributed by atoms with Gasteiger partial charge in [0.25, 0.3) is 5.91 Å². The number of amides is 1. The summed E-state index contributed by atoms with van der Waals surface area (Å²) in [5.41, 5.74) is 4.01. The van der Waals surface area contributed by atoms with Crippen LogP contribution in [-0.4, -0.2) is 15.9 Å². The van der Waals surface area contributed by atoms with Crippen molar-refractivity contribution >= 4 is 11.7 Å². The molecule has 0 bridgehead atoms. The van der Waals surface area contributed by atoms with Crippen LogP contribution in [0.1, 0.15) is 21.6 Å². The average Bonchev–Trinajstić information content (AvgIpc) is 2.53. The number of benzene rings is 1. The van der Waals surface area contributed by atoms with Gasteiger partial charge in [-0.1, -0.05) is 12.1 Å². The van der Waals surface area contributed by atoms with E-state index >= 15 is 0 Å². The van der Waals surface area contributed by atoms with Crippen molar-refractivity contribution in [3.05, 3.63) is 53.5 Å². The topological polar surface area (TPSA) is 117 Å². The molecule has 0 saturated carbocycles. The summed E-state index contributed by atoms with van der Waals surface area (Å²) in [6.07, 6.45) is 2.71. The van der Waals surface area contributed by atoms with E-state index in [4.69, 9.17) is 11.1 Å². The molecule has 1 heterocycles. The average molecular weight is 268 g/mol. The normalized spacial score (nSPS) is 9.60. The Kier molecular flexibility index (Phi) is 4.21. The van der Waals surface area contributed by atoms with E-state index in [2.05, 4.69) is 20.7 Å². The first-order valence-corrected chi connectivity index (χ1v) is 5.79. The van der Waals surface area contributed by atoms with Gasteiger partial charge in [0.15, 0.2) is 5.82 Å². The first kappa shape index (κ1) is 13.5. The Hall–Kier alpha value is -2.98. The van der Waals surface area contributed by atoms with Crippen molar-refractivity contribution in [1.29, 1.82) is 5.26 Å². The smallest absolute Gasteiger partial charge is 0.271 e. The van der Waals surface area contributed by atoms with E-state index in [9.17, 15) is 4.79 Å². The van der Waals surface area contributed by atoms with Crippen LogP contribution in [0, 0.1) is 11.3 Å². The molecule has 7 nitrogen and oxygen atoms in total. The van der Waals surface area contributed by atoms with Crippen molar-refractivity contribution in [2.45, 2.75) is 6.54 Å². The van der Waals surface area contributed by atoms with Crippen LogP contribution in [0.2, 0.25) is 0 Å². The van der Waals surface area contributed by atoms with Crippen LogP contribution < -0.4 is 16.6 Å². The minimum Gasteiger partial charge on any atom is -0.347 e. The summed E-state index contributed by atoms with van der Waals surface area (Å²) in [5, 5.41) is 11.4. The molecule has 0 saturated heterocycles. The molecule has 0 atom stereocenters.